The first kappa shape index (κ1) is 21.2. The molecule has 1 saturated heterocycles. The number of nitrogens with zero attached hydrogens (tertiary/aromatic N) is 2. The molecule has 0 atom stereocenters. The third kappa shape index (κ3) is 4.40. The third-order valence-corrected chi connectivity index (χ3v) is 5.89. The van der Waals surface area contributed by atoms with E-state index in [1.807, 2.05) is 24.8 Å². The Morgan fingerprint density at radius 3 is 2.59 bits per heavy atom. The van der Waals surface area contributed by atoms with Gasteiger partial charge in [-0.3, -0.25) is 4.79 Å². The first-order valence-electron chi connectivity index (χ1n) is 10.0. The van der Waals surface area contributed by atoms with Gasteiger partial charge in [0.15, 0.2) is 0 Å². The molecule has 1 amide bonds. The number of carbonyl (C=O) groups excluding carboxylic acids is 2. The first-order chi connectivity index (χ1) is 13.8. The summed E-state index contributed by atoms with van der Waals surface area (Å²) in [5, 5.41) is 10.7. The molecule has 0 bridgehead atoms. The summed E-state index contributed by atoms with van der Waals surface area (Å²) < 4.78 is 10.6. The highest BCUT2D eigenvalue weighted by Gasteiger charge is 2.31. The molecule has 2 aliphatic rings. The summed E-state index contributed by atoms with van der Waals surface area (Å²) in [7, 11) is 3.62. The van der Waals surface area contributed by atoms with Crippen LogP contribution in [0.3, 0.4) is 0 Å². The molecule has 1 aromatic rings. The average molecular weight is 402 g/mol. The SMILES string of the molecule is COc1c(C)c2c(c(O)c1C/C=C(\C)CCC(=O)N1CCN(C)CC1)C(=O)OC2. The number of fused-ring (bicyclic) bond motifs is 1. The van der Waals surface area contributed by atoms with Gasteiger partial charge in [0.25, 0.3) is 0 Å². The van der Waals surface area contributed by atoms with Crippen LogP contribution in [0.2, 0.25) is 0 Å². The van der Waals surface area contributed by atoms with Gasteiger partial charge in [0.2, 0.25) is 5.91 Å². The largest absolute Gasteiger partial charge is 0.507 e. The number of phenols is 1. The highest BCUT2D eigenvalue weighted by atomic mass is 16.5. The maximum atomic E-state index is 12.4. The fraction of sp³-hybridized carbons (Fsp3) is 0.545. The summed E-state index contributed by atoms with van der Waals surface area (Å²) >= 11 is 0. The number of ether oxygens (including phenoxy) is 2. The van der Waals surface area contributed by atoms with E-state index in [0.717, 1.165) is 37.3 Å². The number of phenolic OH excluding ortho intramolecular Hbond substituents is 1. The molecule has 7 nitrogen and oxygen atoms in total. The van der Waals surface area contributed by atoms with Gasteiger partial charge in [-0.05, 0) is 39.3 Å². The van der Waals surface area contributed by atoms with E-state index in [0.29, 0.717) is 36.1 Å². The van der Waals surface area contributed by atoms with Gasteiger partial charge >= 0.3 is 5.97 Å². The Hall–Kier alpha value is -2.54. The Morgan fingerprint density at radius 1 is 1.24 bits per heavy atom. The van der Waals surface area contributed by atoms with E-state index < -0.39 is 5.97 Å². The van der Waals surface area contributed by atoms with E-state index in [9.17, 15) is 14.7 Å². The second-order valence-corrected chi connectivity index (χ2v) is 7.85. The van der Waals surface area contributed by atoms with Crippen LogP contribution in [0.15, 0.2) is 11.6 Å². The van der Waals surface area contributed by atoms with Crippen LogP contribution in [-0.4, -0.2) is 67.1 Å². The second kappa shape index (κ2) is 8.86. The Balaban J connectivity index is 1.68. The van der Waals surface area contributed by atoms with Crippen LogP contribution in [0.1, 0.15) is 46.8 Å². The van der Waals surface area contributed by atoms with E-state index in [4.69, 9.17) is 9.47 Å². The fourth-order valence-electron chi connectivity index (χ4n) is 3.92. The fourth-order valence-corrected chi connectivity index (χ4v) is 3.92. The number of benzene rings is 1. The maximum absolute atomic E-state index is 12.4. The molecule has 0 unspecified atom stereocenters. The number of piperazine rings is 1. The van der Waals surface area contributed by atoms with Gasteiger partial charge in [-0.25, -0.2) is 4.79 Å². The molecule has 3 rings (SSSR count). The van der Waals surface area contributed by atoms with E-state index in [1.165, 1.54) is 0 Å². The summed E-state index contributed by atoms with van der Waals surface area (Å²) in [6.07, 6.45) is 3.55. The Labute approximate surface area is 171 Å². The number of rotatable bonds is 6. The van der Waals surface area contributed by atoms with Crippen LogP contribution in [-0.2, 0) is 22.6 Å². The van der Waals surface area contributed by atoms with Gasteiger partial charge in [0.05, 0.1) is 7.11 Å². The number of methoxy groups -OCH3 is 1. The molecule has 1 N–H and O–H groups in total. The Kier molecular flexibility index (Phi) is 6.47. The van der Waals surface area contributed by atoms with Gasteiger partial charge in [-0.15, -0.1) is 0 Å². The van der Waals surface area contributed by atoms with Crippen molar-refractivity contribution in [1.82, 2.24) is 9.80 Å². The van der Waals surface area contributed by atoms with Crippen molar-refractivity contribution in [1.29, 1.82) is 0 Å². The molecule has 2 heterocycles. The van der Waals surface area contributed by atoms with E-state index in [-0.39, 0.29) is 23.8 Å². The average Bonchev–Trinajstić information content (AvgIpc) is 3.10. The van der Waals surface area contributed by atoms with Crippen molar-refractivity contribution in [3.8, 4) is 11.5 Å². The highest BCUT2D eigenvalue weighted by molar-refractivity contribution is 5.98. The van der Waals surface area contributed by atoms with Crippen molar-refractivity contribution in [2.24, 2.45) is 0 Å². The molecule has 158 valence electrons. The molecule has 1 aromatic carbocycles. The standard InChI is InChI=1S/C22H30N2O5/c1-14(6-8-18(25)24-11-9-23(3)10-12-24)5-7-16-20(26)19-17(13-29-22(19)27)15(2)21(16)28-4/h5,26H,6-13H2,1-4H3/b14-5+. The zero-order valence-electron chi connectivity index (χ0n) is 17.7. The number of esters is 1. The molecular formula is C22H30N2O5. The molecule has 0 saturated carbocycles. The third-order valence-electron chi connectivity index (χ3n) is 5.89. The lowest BCUT2D eigenvalue weighted by Gasteiger charge is -2.32. The summed E-state index contributed by atoms with van der Waals surface area (Å²) in [5.74, 6) is 0.199. The predicted octanol–water partition coefficient (Wildman–Crippen LogP) is 2.42. The molecule has 7 heteroatoms. The number of cyclic esters (lactones) is 1. The number of amides is 1. The number of aromatic hydroxyl groups is 1. The molecule has 0 aliphatic carbocycles. The van der Waals surface area contributed by atoms with Gasteiger partial charge in [-0.2, -0.15) is 0 Å². The molecular weight excluding hydrogens is 372 g/mol. The van der Waals surface area contributed by atoms with Gasteiger partial charge in [0.1, 0.15) is 23.7 Å². The topological polar surface area (TPSA) is 79.3 Å². The van der Waals surface area contributed by atoms with Crippen molar-refractivity contribution in [2.75, 3.05) is 40.3 Å². The van der Waals surface area contributed by atoms with Crippen LogP contribution in [0.5, 0.6) is 11.5 Å². The Morgan fingerprint density at radius 2 is 1.93 bits per heavy atom. The number of carbonyl (C=O) groups is 2. The molecule has 1 fully saturated rings. The Bertz CT molecular complexity index is 838. The zero-order valence-corrected chi connectivity index (χ0v) is 17.7. The lowest BCUT2D eigenvalue weighted by molar-refractivity contribution is -0.132. The van der Waals surface area contributed by atoms with Crippen molar-refractivity contribution < 1.29 is 24.2 Å². The lowest BCUT2D eigenvalue weighted by atomic mass is 9.94. The van der Waals surface area contributed by atoms with Crippen molar-refractivity contribution in [3.63, 3.8) is 0 Å². The molecule has 0 aromatic heterocycles. The number of hydrogen-bond donors (Lipinski definition) is 1. The number of allylic oxidation sites excluding steroid dienone is 2. The monoisotopic (exact) mass is 402 g/mol. The van der Waals surface area contributed by atoms with E-state index in [1.54, 1.807) is 7.11 Å². The van der Waals surface area contributed by atoms with Crippen LogP contribution in [0.25, 0.3) is 0 Å². The summed E-state index contributed by atoms with van der Waals surface area (Å²) in [6, 6.07) is 0. The molecule has 0 radical (unpaired) electrons. The van der Waals surface area contributed by atoms with E-state index >= 15 is 0 Å². The van der Waals surface area contributed by atoms with Gasteiger partial charge in [0, 0.05) is 43.7 Å². The summed E-state index contributed by atoms with van der Waals surface area (Å²) in [4.78, 5) is 28.6. The normalized spacial score (nSPS) is 17.3. The van der Waals surface area contributed by atoms with Crippen LogP contribution >= 0.6 is 0 Å². The predicted molar refractivity (Wildman–Crippen MR) is 109 cm³/mol. The number of likely N-dealkylation sites (N-methyl/N-ethyl adjacent to an activating group) is 1. The first-order valence-corrected chi connectivity index (χ1v) is 10.0. The summed E-state index contributed by atoms with van der Waals surface area (Å²) in [6.45, 7) is 7.41. The second-order valence-electron chi connectivity index (χ2n) is 7.85. The van der Waals surface area contributed by atoms with Crippen molar-refractivity contribution >= 4 is 11.9 Å². The van der Waals surface area contributed by atoms with Crippen molar-refractivity contribution in [2.45, 2.75) is 39.7 Å². The number of hydrogen-bond acceptors (Lipinski definition) is 6. The molecule has 0 spiro atoms. The molecule has 2 aliphatic heterocycles. The lowest BCUT2D eigenvalue weighted by Crippen LogP contribution is -2.47. The molecule has 29 heavy (non-hydrogen) atoms. The van der Waals surface area contributed by atoms with Crippen molar-refractivity contribution in [3.05, 3.63) is 33.9 Å². The van der Waals surface area contributed by atoms with Gasteiger partial charge in [-0.1, -0.05) is 11.6 Å². The minimum atomic E-state index is -0.497. The zero-order chi connectivity index (χ0) is 21.1. The van der Waals surface area contributed by atoms with Crippen LogP contribution in [0.4, 0.5) is 0 Å². The van der Waals surface area contributed by atoms with Gasteiger partial charge < -0.3 is 24.4 Å². The van der Waals surface area contributed by atoms with E-state index in [2.05, 4.69) is 11.9 Å². The van der Waals surface area contributed by atoms with Crippen LogP contribution < -0.4 is 4.74 Å². The van der Waals surface area contributed by atoms with Crippen LogP contribution in [0, 0.1) is 6.92 Å². The highest BCUT2D eigenvalue weighted by Crippen LogP contribution is 2.42. The summed E-state index contributed by atoms with van der Waals surface area (Å²) in [5.41, 5.74) is 3.39. The minimum absolute atomic E-state index is 0.0671. The maximum Gasteiger partial charge on any atom is 0.342 e. The quantitative estimate of drug-likeness (QED) is 0.582. The smallest absolute Gasteiger partial charge is 0.342 e. The minimum Gasteiger partial charge on any atom is -0.507 e.